The third kappa shape index (κ3) is 3.37. The van der Waals surface area contributed by atoms with Crippen molar-refractivity contribution in [2.75, 3.05) is 0 Å². The van der Waals surface area contributed by atoms with E-state index >= 15 is 0 Å². The van der Waals surface area contributed by atoms with Crippen LogP contribution in [0.3, 0.4) is 0 Å². The molecule has 0 saturated carbocycles. The number of hydrogen-bond acceptors (Lipinski definition) is 7. The van der Waals surface area contributed by atoms with Gasteiger partial charge in [-0.3, -0.25) is 0 Å². The second kappa shape index (κ2) is 5.78. The van der Waals surface area contributed by atoms with E-state index in [0.717, 1.165) is 0 Å². The SMILES string of the molecule is CC(C)C[C@H](NS(=O)(=O)c1cccc2nonc12)C(=O)[O-]. The molecule has 114 valence electrons. The molecular weight excluding hydrogens is 298 g/mol. The van der Waals surface area contributed by atoms with Crippen molar-refractivity contribution >= 4 is 27.0 Å². The van der Waals surface area contributed by atoms with Crippen LogP contribution < -0.4 is 9.83 Å². The number of fused-ring (bicyclic) bond motifs is 1. The second-order valence-corrected chi connectivity index (χ2v) is 6.69. The van der Waals surface area contributed by atoms with Gasteiger partial charge in [0.15, 0.2) is 5.52 Å². The van der Waals surface area contributed by atoms with E-state index in [9.17, 15) is 18.3 Å². The van der Waals surface area contributed by atoms with Gasteiger partial charge in [-0.15, -0.1) is 0 Å². The maximum atomic E-state index is 12.3. The molecule has 1 atom stereocenters. The summed E-state index contributed by atoms with van der Waals surface area (Å²) in [6, 6.07) is 2.99. The summed E-state index contributed by atoms with van der Waals surface area (Å²) in [5.74, 6) is -1.49. The van der Waals surface area contributed by atoms with Gasteiger partial charge in [-0.25, -0.2) is 17.8 Å². The zero-order chi connectivity index (χ0) is 15.6. The van der Waals surface area contributed by atoms with Gasteiger partial charge in [-0.2, -0.15) is 0 Å². The summed E-state index contributed by atoms with van der Waals surface area (Å²) >= 11 is 0. The van der Waals surface area contributed by atoms with Crippen molar-refractivity contribution in [3.63, 3.8) is 0 Å². The molecule has 0 saturated heterocycles. The van der Waals surface area contributed by atoms with Crippen LogP contribution in [-0.4, -0.2) is 30.7 Å². The molecule has 0 unspecified atom stereocenters. The third-order valence-corrected chi connectivity index (χ3v) is 4.33. The largest absolute Gasteiger partial charge is 0.548 e. The van der Waals surface area contributed by atoms with Gasteiger partial charge in [0.05, 0.1) is 12.0 Å². The van der Waals surface area contributed by atoms with Crippen LogP contribution in [0.5, 0.6) is 0 Å². The fraction of sp³-hybridized carbons (Fsp3) is 0.417. The Morgan fingerprint density at radius 2 is 2.10 bits per heavy atom. The molecule has 0 radical (unpaired) electrons. The summed E-state index contributed by atoms with van der Waals surface area (Å²) in [5.41, 5.74) is 0.318. The number of rotatable bonds is 6. The number of nitrogens with one attached hydrogen (secondary N) is 1. The molecule has 0 bridgehead atoms. The Morgan fingerprint density at radius 3 is 2.71 bits per heavy atom. The van der Waals surface area contributed by atoms with Gasteiger partial charge in [0.1, 0.15) is 10.4 Å². The van der Waals surface area contributed by atoms with Crippen LogP contribution >= 0.6 is 0 Å². The van der Waals surface area contributed by atoms with Crippen molar-refractivity contribution in [1.82, 2.24) is 15.0 Å². The smallest absolute Gasteiger partial charge is 0.243 e. The molecule has 0 aliphatic carbocycles. The lowest BCUT2D eigenvalue weighted by Crippen LogP contribution is -2.48. The average molecular weight is 312 g/mol. The minimum absolute atomic E-state index is 0.0138. The molecular formula is C12H14N3O5S-. The number of carbonyl (C=O) groups excluding carboxylic acids is 1. The van der Waals surface area contributed by atoms with Crippen LogP contribution in [0.15, 0.2) is 27.7 Å². The summed E-state index contributed by atoms with van der Waals surface area (Å²) in [5, 5.41) is 18.2. The van der Waals surface area contributed by atoms with Gasteiger partial charge >= 0.3 is 0 Å². The number of aliphatic carboxylic acids is 1. The summed E-state index contributed by atoms with van der Waals surface area (Å²) in [6.45, 7) is 3.57. The number of sulfonamides is 1. The van der Waals surface area contributed by atoms with Crippen molar-refractivity contribution in [3.05, 3.63) is 18.2 Å². The van der Waals surface area contributed by atoms with Gasteiger partial charge in [0.25, 0.3) is 0 Å². The first-order chi connectivity index (χ1) is 9.81. The fourth-order valence-electron chi connectivity index (χ4n) is 1.91. The maximum absolute atomic E-state index is 12.3. The Kier molecular flexibility index (Phi) is 4.24. The topological polar surface area (TPSA) is 125 Å². The lowest BCUT2D eigenvalue weighted by Gasteiger charge is -2.21. The lowest BCUT2D eigenvalue weighted by atomic mass is 10.1. The monoisotopic (exact) mass is 312 g/mol. The molecule has 0 aliphatic heterocycles. The summed E-state index contributed by atoms with van der Waals surface area (Å²) in [6.07, 6.45) is 0.120. The van der Waals surface area contributed by atoms with Crippen molar-refractivity contribution in [2.24, 2.45) is 5.92 Å². The number of carboxylic acid groups (broad SMARTS) is 1. The normalized spacial score (nSPS) is 13.7. The Balaban J connectivity index is 2.37. The molecule has 1 heterocycles. The van der Waals surface area contributed by atoms with Crippen LogP contribution in [0.25, 0.3) is 11.0 Å². The number of carboxylic acids is 1. The van der Waals surface area contributed by atoms with Gasteiger partial charge in [0, 0.05) is 0 Å². The molecule has 1 aromatic carbocycles. The zero-order valence-corrected chi connectivity index (χ0v) is 12.3. The van der Waals surface area contributed by atoms with E-state index in [1.807, 2.05) is 0 Å². The minimum Gasteiger partial charge on any atom is -0.548 e. The van der Waals surface area contributed by atoms with Crippen molar-refractivity contribution in [2.45, 2.75) is 31.2 Å². The summed E-state index contributed by atoms with van der Waals surface area (Å²) in [4.78, 5) is 10.9. The molecule has 2 aromatic rings. The zero-order valence-electron chi connectivity index (χ0n) is 11.4. The third-order valence-electron chi connectivity index (χ3n) is 2.83. The van der Waals surface area contributed by atoms with E-state index in [-0.39, 0.29) is 28.3 Å². The molecule has 1 N–H and O–H groups in total. The second-order valence-electron chi connectivity index (χ2n) is 5.01. The van der Waals surface area contributed by atoms with E-state index in [1.165, 1.54) is 18.2 Å². The molecule has 8 nitrogen and oxygen atoms in total. The van der Waals surface area contributed by atoms with Crippen molar-refractivity contribution in [1.29, 1.82) is 0 Å². The first-order valence-corrected chi connectivity index (χ1v) is 7.74. The van der Waals surface area contributed by atoms with Crippen LogP contribution in [0, 0.1) is 5.92 Å². The van der Waals surface area contributed by atoms with Crippen LogP contribution in [-0.2, 0) is 14.8 Å². The lowest BCUT2D eigenvalue weighted by molar-refractivity contribution is -0.308. The Bertz CT molecular complexity index is 753. The molecule has 0 amide bonds. The van der Waals surface area contributed by atoms with E-state index in [0.29, 0.717) is 0 Å². The van der Waals surface area contributed by atoms with Crippen LogP contribution in [0.4, 0.5) is 0 Å². The van der Waals surface area contributed by atoms with Crippen LogP contribution in [0.2, 0.25) is 0 Å². The highest BCUT2D eigenvalue weighted by Crippen LogP contribution is 2.20. The predicted octanol–water partition coefficient (Wildman–Crippen LogP) is -0.334. The summed E-state index contributed by atoms with van der Waals surface area (Å²) < 4.78 is 31.3. The quantitative estimate of drug-likeness (QED) is 0.773. The first-order valence-electron chi connectivity index (χ1n) is 6.25. The van der Waals surface area contributed by atoms with E-state index in [4.69, 9.17) is 0 Å². The Hall–Kier alpha value is -2.00. The highest BCUT2D eigenvalue weighted by molar-refractivity contribution is 7.89. The summed E-state index contributed by atoms with van der Waals surface area (Å²) in [7, 11) is -4.08. The maximum Gasteiger partial charge on any atom is 0.243 e. The number of carbonyl (C=O) groups is 1. The molecule has 0 fully saturated rings. The Morgan fingerprint density at radius 1 is 1.38 bits per heavy atom. The number of benzene rings is 1. The van der Waals surface area contributed by atoms with Gasteiger partial charge in [-0.05, 0) is 34.8 Å². The number of nitrogens with zero attached hydrogens (tertiary/aromatic N) is 2. The molecule has 21 heavy (non-hydrogen) atoms. The van der Waals surface area contributed by atoms with Gasteiger partial charge in [-0.1, -0.05) is 19.9 Å². The van der Waals surface area contributed by atoms with Crippen LogP contribution in [0.1, 0.15) is 20.3 Å². The average Bonchev–Trinajstić information content (AvgIpc) is 2.84. The number of aromatic nitrogens is 2. The molecule has 1 aromatic heterocycles. The molecule has 9 heteroatoms. The predicted molar refractivity (Wildman–Crippen MR) is 70.4 cm³/mol. The van der Waals surface area contributed by atoms with E-state index in [1.54, 1.807) is 13.8 Å². The fourth-order valence-corrected chi connectivity index (χ4v) is 3.26. The highest BCUT2D eigenvalue weighted by Gasteiger charge is 2.25. The molecule has 2 rings (SSSR count). The van der Waals surface area contributed by atoms with E-state index in [2.05, 4.69) is 19.7 Å². The molecule has 0 spiro atoms. The molecule has 0 aliphatic rings. The van der Waals surface area contributed by atoms with Crippen molar-refractivity contribution < 1.29 is 22.9 Å². The standard InChI is InChI=1S/C12H15N3O5S/c1-7(2)6-9(12(16)17)15-21(18,19)10-5-3-4-8-11(10)14-20-13-8/h3-5,7,9,15H,6H2,1-2H3,(H,16,17)/p-1/t9-/m0/s1. The first kappa shape index (κ1) is 15.4. The minimum atomic E-state index is -4.08. The Labute approximate surface area is 121 Å². The van der Waals surface area contributed by atoms with Crippen molar-refractivity contribution in [3.8, 4) is 0 Å². The van der Waals surface area contributed by atoms with Gasteiger partial charge in [0.2, 0.25) is 10.0 Å². The highest BCUT2D eigenvalue weighted by atomic mass is 32.2. The number of hydrogen-bond donors (Lipinski definition) is 1. The van der Waals surface area contributed by atoms with Gasteiger partial charge < -0.3 is 9.90 Å². The van der Waals surface area contributed by atoms with E-state index < -0.39 is 22.0 Å².